The summed E-state index contributed by atoms with van der Waals surface area (Å²) in [6.07, 6.45) is 6.91. The molecule has 0 spiro atoms. The van der Waals surface area contributed by atoms with Crippen molar-refractivity contribution < 1.29 is 0 Å². The Labute approximate surface area is 128 Å². The largest absolute Gasteiger partial charge is 0.234 e. The minimum atomic E-state index is 0.779. The van der Waals surface area contributed by atoms with E-state index in [0.29, 0.717) is 0 Å². The lowest BCUT2D eigenvalue weighted by Crippen LogP contribution is -1.98. The first-order valence-corrected chi connectivity index (χ1v) is 8.42. The van der Waals surface area contributed by atoms with Crippen LogP contribution in [-0.2, 0) is 12.8 Å². The molecule has 2 heterocycles. The van der Waals surface area contributed by atoms with Crippen LogP contribution >= 0.6 is 11.3 Å². The molecule has 110 valence electrons. The van der Waals surface area contributed by atoms with Crippen LogP contribution in [0.15, 0.2) is 30.3 Å². The maximum Gasteiger partial charge on any atom is 0.234 e. The van der Waals surface area contributed by atoms with Gasteiger partial charge in [0, 0.05) is 12.8 Å². The summed E-state index contributed by atoms with van der Waals surface area (Å²) in [6, 6.07) is 10.3. The smallest absolute Gasteiger partial charge is 0.187 e. The van der Waals surface area contributed by atoms with E-state index in [0.717, 1.165) is 23.6 Å². The summed E-state index contributed by atoms with van der Waals surface area (Å²) in [7, 11) is 0. The zero-order valence-corrected chi connectivity index (χ0v) is 13.1. The lowest BCUT2D eigenvalue weighted by atomic mass is 10.1. The standard InChI is InChI=1S/C16H20N4S/c1-2-3-4-8-11-15-19-20-14(17-18-16(20)21-15)12-13-9-6-5-7-10-13/h5-7,9-10H,2-4,8,11-12H2,1H3. The van der Waals surface area contributed by atoms with Crippen molar-refractivity contribution in [2.75, 3.05) is 0 Å². The molecule has 0 aliphatic heterocycles. The van der Waals surface area contributed by atoms with Crippen molar-refractivity contribution in [3.8, 4) is 0 Å². The fourth-order valence-corrected chi connectivity index (χ4v) is 3.28. The third-order valence-electron chi connectivity index (χ3n) is 3.55. The van der Waals surface area contributed by atoms with Crippen molar-refractivity contribution in [2.45, 2.75) is 45.4 Å². The second-order valence-corrected chi connectivity index (χ2v) is 6.32. The Balaban J connectivity index is 1.71. The van der Waals surface area contributed by atoms with Gasteiger partial charge in [-0.3, -0.25) is 0 Å². The topological polar surface area (TPSA) is 43.1 Å². The molecule has 4 nitrogen and oxygen atoms in total. The van der Waals surface area contributed by atoms with Crippen LogP contribution in [0.25, 0.3) is 4.96 Å². The molecule has 0 aliphatic rings. The number of benzene rings is 1. The minimum Gasteiger partial charge on any atom is -0.187 e. The van der Waals surface area contributed by atoms with E-state index in [9.17, 15) is 0 Å². The van der Waals surface area contributed by atoms with Crippen LogP contribution < -0.4 is 0 Å². The Kier molecular flexibility index (Phi) is 4.60. The average Bonchev–Trinajstić information content (AvgIpc) is 3.07. The summed E-state index contributed by atoms with van der Waals surface area (Å²) in [5.74, 6) is 0.923. The van der Waals surface area contributed by atoms with Gasteiger partial charge in [0.15, 0.2) is 5.82 Å². The van der Waals surface area contributed by atoms with Crippen LogP contribution in [0.3, 0.4) is 0 Å². The highest BCUT2D eigenvalue weighted by atomic mass is 32.1. The molecule has 0 N–H and O–H groups in total. The van der Waals surface area contributed by atoms with Crippen molar-refractivity contribution in [1.82, 2.24) is 19.8 Å². The third kappa shape index (κ3) is 3.47. The molecule has 0 saturated carbocycles. The molecule has 0 bridgehead atoms. The van der Waals surface area contributed by atoms with E-state index in [2.05, 4.69) is 34.4 Å². The van der Waals surface area contributed by atoms with Crippen molar-refractivity contribution in [3.63, 3.8) is 0 Å². The second-order valence-electron chi connectivity index (χ2n) is 5.28. The average molecular weight is 300 g/mol. The molecule has 5 heteroatoms. The number of aryl methyl sites for hydroxylation is 1. The predicted molar refractivity (Wildman–Crippen MR) is 85.8 cm³/mol. The molecule has 0 fully saturated rings. The molecule has 1 aromatic carbocycles. The molecule has 0 radical (unpaired) electrons. The molecule has 0 saturated heterocycles. The number of fused-ring (bicyclic) bond motifs is 1. The van der Waals surface area contributed by atoms with E-state index >= 15 is 0 Å². The van der Waals surface area contributed by atoms with Crippen molar-refractivity contribution in [1.29, 1.82) is 0 Å². The first kappa shape index (κ1) is 14.2. The predicted octanol–water partition coefficient (Wildman–Crippen LogP) is 3.90. The number of nitrogens with zero attached hydrogens (tertiary/aromatic N) is 4. The molecule has 0 atom stereocenters. The van der Waals surface area contributed by atoms with Gasteiger partial charge in [-0.25, -0.2) is 0 Å². The highest BCUT2D eigenvalue weighted by Gasteiger charge is 2.11. The molecule has 21 heavy (non-hydrogen) atoms. The summed E-state index contributed by atoms with van der Waals surface area (Å²) in [5.41, 5.74) is 1.24. The van der Waals surface area contributed by atoms with Crippen molar-refractivity contribution >= 4 is 16.3 Å². The molecule has 0 amide bonds. The number of hydrogen-bond acceptors (Lipinski definition) is 4. The molecule has 3 rings (SSSR count). The van der Waals surface area contributed by atoms with Gasteiger partial charge in [-0.15, -0.1) is 10.2 Å². The quantitative estimate of drug-likeness (QED) is 0.622. The number of aromatic nitrogens is 4. The fourth-order valence-electron chi connectivity index (χ4n) is 2.39. The van der Waals surface area contributed by atoms with Crippen LogP contribution in [0.2, 0.25) is 0 Å². The molecular weight excluding hydrogens is 280 g/mol. The Morgan fingerprint density at radius 1 is 1.05 bits per heavy atom. The lowest BCUT2D eigenvalue weighted by Gasteiger charge is -1.98. The van der Waals surface area contributed by atoms with Crippen LogP contribution in [0, 0.1) is 0 Å². The maximum atomic E-state index is 4.68. The summed E-state index contributed by atoms with van der Waals surface area (Å²) in [5, 5.41) is 14.4. The number of unbranched alkanes of at least 4 members (excludes halogenated alkanes) is 3. The highest BCUT2D eigenvalue weighted by Crippen LogP contribution is 2.18. The van der Waals surface area contributed by atoms with Gasteiger partial charge in [0.1, 0.15) is 5.01 Å². The van der Waals surface area contributed by atoms with Gasteiger partial charge in [-0.05, 0) is 12.0 Å². The zero-order chi connectivity index (χ0) is 14.5. The van der Waals surface area contributed by atoms with E-state index in [1.807, 2.05) is 22.7 Å². The Morgan fingerprint density at radius 2 is 1.90 bits per heavy atom. The van der Waals surface area contributed by atoms with E-state index in [1.54, 1.807) is 11.3 Å². The number of rotatable bonds is 7. The van der Waals surface area contributed by atoms with E-state index in [4.69, 9.17) is 0 Å². The zero-order valence-electron chi connectivity index (χ0n) is 12.3. The van der Waals surface area contributed by atoms with Gasteiger partial charge < -0.3 is 0 Å². The first-order valence-electron chi connectivity index (χ1n) is 7.60. The van der Waals surface area contributed by atoms with Gasteiger partial charge in [0.05, 0.1) is 0 Å². The Bertz CT molecular complexity index is 687. The van der Waals surface area contributed by atoms with Crippen LogP contribution in [0.5, 0.6) is 0 Å². The SMILES string of the molecule is CCCCCCc1nn2c(Cc3ccccc3)nnc2s1. The van der Waals surface area contributed by atoms with Crippen LogP contribution in [-0.4, -0.2) is 19.8 Å². The first-order chi connectivity index (χ1) is 10.4. The third-order valence-corrected chi connectivity index (χ3v) is 4.51. The highest BCUT2D eigenvalue weighted by molar-refractivity contribution is 7.16. The molecule has 0 unspecified atom stereocenters. The summed E-state index contributed by atoms with van der Waals surface area (Å²) in [6.45, 7) is 2.24. The van der Waals surface area contributed by atoms with E-state index in [1.165, 1.54) is 36.3 Å². The van der Waals surface area contributed by atoms with Gasteiger partial charge in [0.25, 0.3) is 0 Å². The summed E-state index contributed by atoms with van der Waals surface area (Å²) >= 11 is 1.66. The second kappa shape index (κ2) is 6.80. The van der Waals surface area contributed by atoms with Crippen LogP contribution in [0.1, 0.15) is 49.0 Å². The molecule has 2 aromatic heterocycles. The Morgan fingerprint density at radius 3 is 2.71 bits per heavy atom. The van der Waals surface area contributed by atoms with Gasteiger partial charge in [-0.1, -0.05) is 67.9 Å². The van der Waals surface area contributed by atoms with Crippen LogP contribution in [0.4, 0.5) is 0 Å². The van der Waals surface area contributed by atoms with Gasteiger partial charge in [0.2, 0.25) is 4.96 Å². The van der Waals surface area contributed by atoms with Gasteiger partial charge in [-0.2, -0.15) is 9.61 Å². The number of hydrogen-bond donors (Lipinski definition) is 0. The normalized spacial score (nSPS) is 11.3. The maximum absolute atomic E-state index is 4.68. The van der Waals surface area contributed by atoms with E-state index in [-0.39, 0.29) is 0 Å². The molecule has 0 aliphatic carbocycles. The lowest BCUT2D eigenvalue weighted by molar-refractivity contribution is 0.659. The van der Waals surface area contributed by atoms with Crippen molar-refractivity contribution in [2.24, 2.45) is 0 Å². The monoisotopic (exact) mass is 300 g/mol. The summed E-state index contributed by atoms with van der Waals surface area (Å²) in [4.78, 5) is 0.909. The van der Waals surface area contributed by atoms with Gasteiger partial charge >= 0.3 is 0 Å². The molecular formula is C16H20N4S. The fraction of sp³-hybridized carbons (Fsp3) is 0.438. The molecule has 3 aromatic rings. The Hall–Kier alpha value is -1.75. The van der Waals surface area contributed by atoms with Crippen molar-refractivity contribution in [3.05, 3.63) is 46.7 Å². The summed E-state index contributed by atoms with van der Waals surface area (Å²) < 4.78 is 1.91. The minimum absolute atomic E-state index is 0.779. The van der Waals surface area contributed by atoms with E-state index < -0.39 is 0 Å².